The first-order valence-electron chi connectivity index (χ1n) is 5.39. The molecule has 1 unspecified atom stereocenters. The van der Waals surface area contributed by atoms with Crippen LogP contribution in [0.3, 0.4) is 0 Å². The summed E-state index contributed by atoms with van der Waals surface area (Å²) in [5.74, 6) is 0.927. The summed E-state index contributed by atoms with van der Waals surface area (Å²) < 4.78 is 0.838. The van der Waals surface area contributed by atoms with Crippen molar-refractivity contribution in [3.05, 3.63) is 27.7 Å². The molecule has 0 radical (unpaired) electrons. The van der Waals surface area contributed by atoms with E-state index >= 15 is 0 Å². The van der Waals surface area contributed by atoms with Crippen molar-refractivity contribution in [3.63, 3.8) is 0 Å². The molecule has 1 aromatic rings. The molecular formula is C12H16BrNO. The molecular weight excluding hydrogens is 254 g/mol. The Morgan fingerprint density at radius 3 is 2.93 bits per heavy atom. The second-order valence-electron chi connectivity index (χ2n) is 4.16. The summed E-state index contributed by atoms with van der Waals surface area (Å²) in [6, 6.07) is 3.83. The number of phenolic OH excluding ortho intramolecular Hbond substituents is 1. The smallest absolute Gasteiger partial charge is 0.130 e. The normalized spacial score (nSPS) is 21.6. The van der Waals surface area contributed by atoms with Crippen LogP contribution in [-0.2, 0) is 0 Å². The number of phenols is 1. The van der Waals surface area contributed by atoms with Gasteiger partial charge < -0.3 is 10.4 Å². The molecule has 0 aliphatic carbocycles. The molecule has 2 nitrogen and oxygen atoms in total. The van der Waals surface area contributed by atoms with E-state index in [4.69, 9.17) is 0 Å². The molecule has 0 spiro atoms. The number of piperidine rings is 1. The highest BCUT2D eigenvalue weighted by Crippen LogP contribution is 2.34. The summed E-state index contributed by atoms with van der Waals surface area (Å²) in [4.78, 5) is 0. The molecule has 0 aromatic heterocycles. The van der Waals surface area contributed by atoms with Crippen molar-refractivity contribution in [1.82, 2.24) is 5.32 Å². The van der Waals surface area contributed by atoms with Gasteiger partial charge in [-0.1, -0.05) is 6.07 Å². The fourth-order valence-corrected chi connectivity index (χ4v) is 2.61. The Labute approximate surface area is 98.8 Å². The SMILES string of the molecule is Cc1c(C2CCCNC2)ccc(O)c1Br. The Bertz CT molecular complexity index is 359. The van der Waals surface area contributed by atoms with E-state index in [1.807, 2.05) is 6.07 Å². The van der Waals surface area contributed by atoms with Crippen LogP contribution in [0.15, 0.2) is 16.6 Å². The fourth-order valence-electron chi connectivity index (χ4n) is 2.25. The summed E-state index contributed by atoms with van der Waals surface area (Å²) in [5.41, 5.74) is 2.52. The van der Waals surface area contributed by atoms with Gasteiger partial charge in [-0.15, -0.1) is 0 Å². The molecule has 0 saturated carbocycles. The predicted octanol–water partition coefficient (Wildman–Crippen LogP) is 2.93. The third-order valence-corrected chi connectivity index (χ3v) is 4.15. The average Bonchev–Trinajstić information content (AvgIpc) is 2.27. The Morgan fingerprint density at radius 1 is 1.47 bits per heavy atom. The summed E-state index contributed by atoms with van der Waals surface area (Å²) >= 11 is 3.43. The topological polar surface area (TPSA) is 32.3 Å². The second kappa shape index (κ2) is 4.54. The van der Waals surface area contributed by atoms with Gasteiger partial charge >= 0.3 is 0 Å². The zero-order valence-corrected chi connectivity index (χ0v) is 10.5. The van der Waals surface area contributed by atoms with E-state index in [-0.39, 0.29) is 0 Å². The van der Waals surface area contributed by atoms with E-state index in [9.17, 15) is 5.11 Å². The lowest BCUT2D eigenvalue weighted by Crippen LogP contribution is -2.28. The van der Waals surface area contributed by atoms with Crippen molar-refractivity contribution in [1.29, 1.82) is 0 Å². The molecule has 2 rings (SSSR count). The van der Waals surface area contributed by atoms with Crippen LogP contribution in [-0.4, -0.2) is 18.2 Å². The molecule has 1 heterocycles. The quantitative estimate of drug-likeness (QED) is 0.822. The van der Waals surface area contributed by atoms with Crippen molar-refractivity contribution in [2.75, 3.05) is 13.1 Å². The molecule has 1 atom stereocenters. The van der Waals surface area contributed by atoms with Gasteiger partial charge in [-0.2, -0.15) is 0 Å². The highest BCUT2D eigenvalue weighted by molar-refractivity contribution is 9.10. The van der Waals surface area contributed by atoms with Crippen LogP contribution in [0.25, 0.3) is 0 Å². The number of rotatable bonds is 1. The molecule has 1 aromatic carbocycles. The lowest BCUT2D eigenvalue weighted by molar-refractivity contribution is 0.455. The average molecular weight is 270 g/mol. The Morgan fingerprint density at radius 2 is 2.27 bits per heavy atom. The number of halogens is 1. The van der Waals surface area contributed by atoms with Gasteiger partial charge in [-0.05, 0) is 65.4 Å². The van der Waals surface area contributed by atoms with Gasteiger partial charge in [-0.25, -0.2) is 0 Å². The molecule has 1 aliphatic rings. The van der Waals surface area contributed by atoms with Crippen molar-refractivity contribution < 1.29 is 5.11 Å². The third kappa shape index (κ3) is 2.18. The maximum atomic E-state index is 9.56. The monoisotopic (exact) mass is 269 g/mol. The van der Waals surface area contributed by atoms with Crippen LogP contribution in [0.4, 0.5) is 0 Å². The maximum absolute atomic E-state index is 9.56. The van der Waals surface area contributed by atoms with Crippen molar-refractivity contribution in [2.24, 2.45) is 0 Å². The van der Waals surface area contributed by atoms with Crippen LogP contribution >= 0.6 is 15.9 Å². The van der Waals surface area contributed by atoms with Gasteiger partial charge in [0.05, 0.1) is 4.47 Å². The maximum Gasteiger partial charge on any atom is 0.130 e. The molecule has 1 fully saturated rings. The molecule has 0 amide bonds. The minimum absolute atomic E-state index is 0.333. The van der Waals surface area contributed by atoms with E-state index in [0.29, 0.717) is 11.7 Å². The molecule has 15 heavy (non-hydrogen) atoms. The number of hydrogen-bond donors (Lipinski definition) is 2. The first-order valence-corrected chi connectivity index (χ1v) is 6.18. The standard InChI is InChI=1S/C12H16BrNO/c1-8-10(4-5-11(15)12(8)13)9-3-2-6-14-7-9/h4-5,9,14-15H,2-3,6-7H2,1H3. The fraction of sp³-hybridized carbons (Fsp3) is 0.500. The number of aromatic hydroxyl groups is 1. The first-order chi connectivity index (χ1) is 7.20. The van der Waals surface area contributed by atoms with E-state index in [1.54, 1.807) is 6.07 Å². The van der Waals surface area contributed by atoms with Crippen LogP contribution in [0, 0.1) is 6.92 Å². The van der Waals surface area contributed by atoms with Gasteiger partial charge in [0.2, 0.25) is 0 Å². The summed E-state index contributed by atoms with van der Waals surface area (Å²) in [7, 11) is 0. The summed E-state index contributed by atoms with van der Waals surface area (Å²) in [6.07, 6.45) is 2.48. The minimum Gasteiger partial charge on any atom is -0.507 e. The molecule has 0 bridgehead atoms. The van der Waals surface area contributed by atoms with Crippen molar-refractivity contribution in [3.8, 4) is 5.75 Å². The molecule has 2 N–H and O–H groups in total. The largest absolute Gasteiger partial charge is 0.507 e. The minimum atomic E-state index is 0.333. The Balaban J connectivity index is 2.31. The van der Waals surface area contributed by atoms with E-state index in [1.165, 1.54) is 24.0 Å². The van der Waals surface area contributed by atoms with Gasteiger partial charge in [0.1, 0.15) is 5.75 Å². The van der Waals surface area contributed by atoms with Crippen LogP contribution in [0.1, 0.15) is 29.9 Å². The lowest BCUT2D eigenvalue weighted by Gasteiger charge is -2.25. The summed E-state index contributed by atoms with van der Waals surface area (Å²) in [6.45, 7) is 4.25. The second-order valence-corrected chi connectivity index (χ2v) is 4.95. The van der Waals surface area contributed by atoms with Gasteiger partial charge in [-0.3, -0.25) is 0 Å². The highest BCUT2D eigenvalue weighted by Gasteiger charge is 2.18. The van der Waals surface area contributed by atoms with Gasteiger partial charge in [0.15, 0.2) is 0 Å². The Hall–Kier alpha value is -0.540. The number of nitrogens with one attached hydrogen (secondary N) is 1. The van der Waals surface area contributed by atoms with Crippen molar-refractivity contribution in [2.45, 2.75) is 25.7 Å². The Kier molecular flexibility index (Phi) is 3.32. The number of benzene rings is 1. The van der Waals surface area contributed by atoms with Gasteiger partial charge in [0.25, 0.3) is 0 Å². The molecule has 1 saturated heterocycles. The highest BCUT2D eigenvalue weighted by atomic mass is 79.9. The zero-order valence-electron chi connectivity index (χ0n) is 8.89. The van der Waals surface area contributed by atoms with Crippen LogP contribution < -0.4 is 5.32 Å². The van der Waals surface area contributed by atoms with E-state index < -0.39 is 0 Å². The van der Waals surface area contributed by atoms with Crippen LogP contribution in [0.5, 0.6) is 5.75 Å². The molecule has 3 heteroatoms. The zero-order chi connectivity index (χ0) is 10.8. The number of hydrogen-bond acceptors (Lipinski definition) is 2. The van der Waals surface area contributed by atoms with Gasteiger partial charge in [0, 0.05) is 6.54 Å². The molecule has 1 aliphatic heterocycles. The van der Waals surface area contributed by atoms with Crippen LogP contribution in [0.2, 0.25) is 0 Å². The first kappa shape index (κ1) is 11.0. The van der Waals surface area contributed by atoms with Crippen molar-refractivity contribution >= 4 is 15.9 Å². The molecule has 82 valence electrons. The van der Waals surface area contributed by atoms with E-state index in [0.717, 1.165) is 17.6 Å². The third-order valence-electron chi connectivity index (χ3n) is 3.14. The predicted molar refractivity (Wildman–Crippen MR) is 65.4 cm³/mol. The lowest BCUT2D eigenvalue weighted by atomic mass is 9.89. The van der Waals surface area contributed by atoms with E-state index in [2.05, 4.69) is 28.2 Å². The summed E-state index contributed by atoms with van der Waals surface area (Å²) in [5, 5.41) is 13.0.